The molecule has 0 radical (unpaired) electrons. The average Bonchev–Trinajstić information content (AvgIpc) is 3.85. The number of aliphatic hydroxyl groups excluding tert-OH is 3. The van der Waals surface area contributed by atoms with Crippen molar-refractivity contribution in [3.8, 4) is 0 Å². The van der Waals surface area contributed by atoms with Gasteiger partial charge in [0.2, 0.25) is 23.6 Å². The Labute approximate surface area is 356 Å². The first-order chi connectivity index (χ1) is 29.6. The van der Waals surface area contributed by atoms with Crippen molar-refractivity contribution in [2.45, 2.75) is 89.3 Å². The van der Waals surface area contributed by atoms with Crippen LogP contribution in [-0.4, -0.2) is 159 Å². The van der Waals surface area contributed by atoms with Crippen LogP contribution in [0.2, 0.25) is 0 Å². The Morgan fingerprint density at radius 3 is 2.37 bits per heavy atom. The highest BCUT2D eigenvalue weighted by atomic mass is 16.5. The number of aliphatic imine (C=N–C) groups is 1. The molecule has 5 rings (SSSR count). The predicted octanol–water partition coefficient (Wildman–Crippen LogP) is -2.00. The van der Waals surface area contributed by atoms with Crippen LogP contribution in [0, 0.1) is 5.92 Å². The van der Waals surface area contributed by atoms with E-state index in [1.54, 1.807) is 50.1 Å². The fourth-order valence-corrected chi connectivity index (χ4v) is 6.57. The third-order valence-corrected chi connectivity index (χ3v) is 10.1. The van der Waals surface area contributed by atoms with Crippen LogP contribution in [0.5, 0.6) is 0 Å². The van der Waals surface area contributed by atoms with Gasteiger partial charge in [-0.3, -0.25) is 33.7 Å². The number of nitrogens with zero attached hydrogens (tertiary/aromatic N) is 4. The Hall–Kier alpha value is -6.43. The number of alkyl carbamates (subject to hydrolysis) is 1. The van der Waals surface area contributed by atoms with Crippen molar-refractivity contribution in [3.05, 3.63) is 54.0 Å². The zero-order valence-electron chi connectivity index (χ0n) is 34.6. The number of rotatable bonds is 18. The average molecular weight is 868 g/mol. The summed E-state index contributed by atoms with van der Waals surface area (Å²) in [5.74, 6) is -2.59. The van der Waals surface area contributed by atoms with Crippen molar-refractivity contribution in [1.29, 1.82) is 0 Å². The van der Waals surface area contributed by atoms with E-state index < -0.39 is 90.8 Å². The molecule has 0 aliphatic carbocycles. The first kappa shape index (κ1) is 46.6. The molecule has 2 aromatic rings. The van der Waals surface area contributed by atoms with Gasteiger partial charge in [-0.2, -0.15) is 0 Å². The van der Waals surface area contributed by atoms with Gasteiger partial charge in [0.25, 0.3) is 11.8 Å². The maximum atomic E-state index is 13.0. The molecule has 1 saturated heterocycles. The predicted molar refractivity (Wildman–Crippen MR) is 218 cm³/mol. The molecule has 1 aromatic heterocycles. The van der Waals surface area contributed by atoms with Crippen molar-refractivity contribution in [3.63, 3.8) is 0 Å². The Morgan fingerprint density at radius 2 is 1.69 bits per heavy atom. The smallest absolute Gasteiger partial charge is 0.407 e. The van der Waals surface area contributed by atoms with Crippen LogP contribution < -0.4 is 31.9 Å². The number of aromatic amines is 1. The lowest BCUT2D eigenvalue weighted by atomic mass is 9.95. The van der Waals surface area contributed by atoms with Crippen LogP contribution in [0.15, 0.2) is 47.7 Å². The van der Waals surface area contributed by atoms with E-state index in [0.717, 1.165) is 17.1 Å². The van der Waals surface area contributed by atoms with E-state index in [9.17, 15) is 48.9 Å². The van der Waals surface area contributed by atoms with Crippen LogP contribution in [0.25, 0.3) is 0 Å². The summed E-state index contributed by atoms with van der Waals surface area (Å²) in [4.78, 5) is 101. The number of carbonyl (C=O) groups is 7. The lowest BCUT2D eigenvalue weighted by Gasteiger charge is -2.41. The lowest BCUT2D eigenvalue weighted by molar-refractivity contribution is -0.191. The minimum absolute atomic E-state index is 0.0699. The number of hydrogen-bond donors (Lipinski definition) is 10. The molecule has 62 heavy (non-hydrogen) atoms. The summed E-state index contributed by atoms with van der Waals surface area (Å²) in [5, 5.41) is 47.9. The number of anilines is 2. The van der Waals surface area contributed by atoms with E-state index in [1.807, 2.05) is 0 Å². The van der Waals surface area contributed by atoms with E-state index in [0.29, 0.717) is 35.3 Å². The number of aromatic nitrogens is 2. The highest BCUT2D eigenvalue weighted by Gasteiger charge is 2.45. The zero-order chi connectivity index (χ0) is 45.1. The number of aliphatic hydroxyl groups is 3. The zero-order valence-corrected chi connectivity index (χ0v) is 34.6. The third kappa shape index (κ3) is 12.1. The number of fused-ring (bicyclic) bond motifs is 1. The molecule has 0 bridgehead atoms. The summed E-state index contributed by atoms with van der Waals surface area (Å²) >= 11 is 0. The summed E-state index contributed by atoms with van der Waals surface area (Å²) in [6, 6.07) is 3.28. The molecule has 1 fully saturated rings. The topological polar surface area (TPSA) is 318 Å². The monoisotopic (exact) mass is 867 g/mol. The van der Waals surface area contributed by atoms with Gasteiger partial charge in [0.05, 0.1) is 25.6 Å². The van der Waals surface area contributed by atoms with Gasteiger partial charge in [0.15, 0.2) is 17.9 Å². The molecule has 0 saturated carbocycles. The third-order valence-electron chi connectivity index (χ3n) is 10.1. The molecule has 7 atom stereocenters. The largest absolute Gasteiger partial charge is 0.445 e. The van der Waals surface area contributed by atoms with Gasteiger partial charge in [-0.25, -0.2) is 14.8 Å². The van der Waals surface area contributed by atoms with Crippen LogP contribution >= 0.6 is 0 Å². The van der Waals surface area contributed by atoms with E-state index in [1.165, 1.54) is 13.3 Å². The number of imidazole rings is 1. The Balaban J connectivity index is 0.978. The molecule has 23 heteroatoms. The standard InChI is InChI=1S/C39H53N11O12/c1-20(2)29(46-26(53)13-15-50-27(54)11-12-28(50)55)37(59)44-21(3)36(58)45-23-9-7-22(8-10-23)17-61-39(60)40-14-5-6-25(52)47-30-24(16-51)62-38(33(57)32(30)56)48-35-31-34(42-18-41-31)43-19-49(35)4/h7-12,18,20-21,24,29-30,32-33,38,43,51,56-57H,5-6,13-17,19H2,1-4H3,(H,40,60)(H,41,42)(H,44,59)(H,45,58)(H,46,53)(H,47,52)/b48-35-/t21-,24-,29-,30-,32+,33-,38-/m0/s1. The molecule has 0 unspecified atom stereocenters. The highest BCUT2D eigenvalue weighted by molar-refractivity contribution is 6.13. The molecular weight excluding hydrogens is 814 g/mol. The van der Waals surface area contributed by atoms with Gasteiger partial charge in [0.1, 0.15) is 42.7 Å². The molecule has 1 aromatic carbocycles. The summed E-state index contributed by atoms with van der Waals surface area (Å²) in [6.07, 6.45) is -2.49. The highest BCUT2D eigenvalue weighted by Crippen LogP contribution is 2.25. The Kier molecular flexibility index (Phi) is 16.1. The van der Waals surface area contributed by atoms with Gasteiger partial charge < -0.3 is 66.6 Å². The van der Waals surface area contributed by atoms with E-state index >= 15 is 0 Å². The van der Waals surface area contributed by atoms with E-state index in [4.69, 9.17) is 9.47 Å². The summed E-state index contributed by atoms with van der Waals surface area (Å²) in [5.41, 5.74) is 1.55. The van der Waals surface area contributed by atoms with Crippen LogP contribution in [0.1, 0.15) is 51.3 Å². The fourth-order valence-electron chi connectivity index (χ4n) is 6.57. The molecule has 3 aliphatic heterocycles. The molecule has 4 heterocycles. The molecule has 336 valence electrons. The minimum Gasteiger partial charge on any atom is -0.445 e. The fraction of sp³-hybridized carbons (Fsp3) is 0.513. The van der Waals surface area contributed by atoms with Crippen LogP contribution in [0.4, 0.5) is 16.3 Å². The van der Waals surface area contributed by atoms with E-state index in [-0.39, 0.29) is 44.9 Å². The normalized spacial score (nSPS) is 22.4. The Morgan fingerprint density at radius 1 is 0.984 bits per heavy atom. The maximum absolute atomic E-state index is 13.0. The van der Waals surface area contributed by atoms with Crippen molar-refractivity contribution in [2.75, 3.05) is 44.0 Å². The second-order valence-electron chi connectivity index (χ2n) is 15.2. The van der Waals surface area contributed by atoms with Gasteiger partial charge in [0, 0.05) is 50.8 Å². The lowest BCUT2D eigenvalue weighted by Crippen LogP contribution is -2.64. The van der Waals surface area contributed by atoms with Crippen molar-refractivity contribution >= 4 is 58.9 Å². The molecule has 23 nitrogen and oxygen atoms in total. The number of amidine groups is 1. The number of ether oxygens (including phenoxy) is 2. The second kappa shape index (κ2) is 21.4. The quantitative estimate of drug-likeness (QED) is 0.0573. The van der Waals surface area contributed by atoms with Gasteiger partial charge >= 0.3 is 6.09 Å². The summed E-state index contributed by atoms with van der Waals surface area (Å²) < 4.78 is 11.1. The molecule has 3 aliphatic rings. The van der Waals surface area contributed by atoms with Gasteiger partial charge in [-0.05, 0) is 37.0 Å². The van der Waals surface area contributed by atoms with Gasteiger partial charge in [-0.15, -0.1) is 0 Å². The van der Waals surface area contributed by atoms with Crippen LogP contribution in [0.3, 0.4) is 0 Å². The molecule has 7 amide bonds. The number of imide groups is 1. The number of hydrogen-bond acceptors (Lipinski definition) is 15. The number of H-pyrrole nitrogens is 1. The summed E-state index contributed by atoms with van der Waals surface area (Å²) in [7, 11) is 1.76. The molecular formula is C39H53N11O12. The maximum Gasteiger partial charge on any atom is 0.407 e. The van der Waals surface area contributed by atoms with Crippen molar-refractivity contribution in [1.82, 2.24) is 41.0 Å². The number of amides is 7. The van der Waals surface area contributed by atoms with Crippen molar-refractivity contribution < 1.29 is 58.4 Å². The SMILES string of the molecule is CC(C)[C@H](NC(=O)CCN1C(=O)C=CC1=O)C(=O)N[C@@H](C)C(=O)Nc1ccc(COC(=O)NCCCC(=O)N[C@@H]2[C@@H](O)[C@H](O)[C@@H](/N=C3/c4[nH]cnc4NCN3C)O[C@H]2CO)cc1. The Bertz CT molecular complexity index is 2000. The first-order valence-corrected chi connectivity index (χ1v) is 20.0. The first-order valence-electron chi connectivity index (χ1n) is 20.0. The van der Waals surface area contributed by atoms with E-state index in [2.05, 4.69) is 46.9 Å². The van der Waals surface area contributed by atoms with Gasteiger partial charge in [-0.1, -0.05) is 26.0 Å². The minimum atomic E-state index is -1.53. The molecule has 10 N–H and O–H groups in total. The molecule has 0 spiro atoms. The number of carbonyl (C=O) groups excluding carboxylic acids is 7. The second-order valence-corrected chi connectivity index (χ2v) is 15.2. The van der Waals surface area contributed by atoms with Crippen molar-refractivity contribution in [2.24, 2.45) is 10.9 Å². The van der Waals surface area contributed by atoms with Crippen LogP contribution in [-0.2, 0) is 44.8 Å². The number of nitrogens with one attached hydrogen (secondary N) is 7. The number of benzene rings is 1. The summed E-state index contributed by atoms with van der Waals surface area (Å²) in [6.45, 7) is 4.54.